The molecule has 29 heavy (non-hydrogen) atoms. The lowest BCUT2D eigenvalue weighted by atomic mass is 10.1. The van der Waals surface area contributed by atoms with Crippen LogP contribution in [0.4, 0.5) is 5.69 Å². The highest BCUT2D eigenvalue weighted by Gasteiger charge is 2.19. The Hall–Kier alpha value is -3.06. The number of furan rings is 1. The first-order chi connectivity index (χ1) is 14.0. The smallest absolute Gasteiger partial charge is 0.313 e. The van der Waals surface area contributed by atoms with Crippen molar-refractivity contribution < 1.29 is 18.7 Å². The number of likely N-dealkylation sites (N-methyl/N-ethyl adjacent to an activating group) is 1. The van der Waals surface area contributed by atoms with Crippen molar-refractivity contribution in [3.63, 3.8) is 0 Å². The van der Waals surface area contributed by atoms with Crippen LogP contribution in [0.1, 0.15) is 20.8 Å². The lowest BCUT2D eigenvalue weighted by Gasteiger charge is -2.26. The Kier molecular flexibility index (Phi) is 6.39. The molecule has 2 aromatic carbocycles. The molecule has 1 atom stereocenters. The average Bonchev–Trinajstić information content (AvgIpc) is 3.09. The fourth-order valence-electron chi connectivity index (χ4n) is 3.49. The number of benzene rings is 2. The molecule has 0 fully saturated rings. The van der Waals surface area contributed by atoms with Crippen LogP contribution in [0, 0.1) is 0 Å². The molecule has 0 unspecified atom stereocenters. The van der Waals surface area contributed by atoms with E-state index in [0.717, 1.165) is 29.4 Å². The molecule has 0 bridgehead atoms. The molecule has 3 rings (SSSR count). The van der Waals surface area contributed by atoms with Gasteiger partial charge in [0.05, 0.1) is 12.8 Å². The van der Waals surface area contributed by atoms with E-state index in [1.54, 1.807) is 12.1 Å². The first-order valence-electron chi connectivity index (χ1n) is 9.80. The normalized spacial score (nSPS) is 12.3. The molecule has 0 spiro atoms. The molecule has 0 aliphatic rings. The fourth-order valence-corrected chi connectivity index (χ4v) is 3.49. The average molecular weight is 397 g/mol. The highest BCUT2D eigenvalue weighted by atomic mass is 16.5. The zero-order chi connectivity index (χ0) is 21.0. The number of anilines is 1. The van der Waals surface area contributed by atoms with E-state index in [1.807, 2.05) is 31.2 Å². The van der Waals surface area contributed by atoms with Crippen LogP contribution in [-0.4, -0.2) is 49.5 Å². The maximum Gasteiger partial charge on any atom is 0.313 e. The number of carbonyl (C=O) groups is 2. The molecule has 7 nitrogen and oxygen atoms in total. The fraction of sp³-hybridized carbons (Fsp3) is 0.364. The van der Waals surface area contributed by atoms with Gasteiger partial charge in [0.15, 0.2) is 0 Å². The maximum absolute atomic E-state index is 12.4. The van der Waals surface area contributed by atoms with Crippen LogP contribution in [0.5, 0.6) is 5.75 Å². The molecule has 2 amide bonds. The predicted octanol–water partition coefficient (Wildman–Crippen LogP) is 3.38. The molecular weight excluding hydrogens is 370 g/mol. The second kappa shape index (κ2) is 8.96. The molecule has 1 heterocycles. The van der Waals surface area contributed by atoms with Crippen molar-refractivity contribution in [2.24, 2.45) is 0 Å². The van der Waals surface area contributed by atoms with E-state index in [9.17, 15) is 9.59 Å². The second-order valence-corrected chi connectivity index (χ2v) is 6.88. The summed E-state index contributed by atoms with van der Waals surface area (Å²) in [6.45, 7) is 8.31. The molecule has 0 saturated carbocycles. The lowest BCUT2D eigenvalue weighted by Crippen LogP contribution is -2.45. The first kappa shape index (κ1) is 20.7. The molecule has 0 radical (unpaired) electrons. The minimum atomic E-state index is -0.745. The highest BCUT2D eigenvalue weighted by Crippen LogP contribution is 2.36. The minimum absolute atomic E-state index is 0.142. The summed E-state index contributed by atoms with van der Waals surface area (Å²) in [6.07, 6.45) is 0. The third-order valence-corrected chi connectivity index (χ3v) is 5.15. The number of nitrogens with zero attached hydrogens (tertiary/aromatic N) is 1. The van der Waals surface area contributed by atoms with Gasteiger partial charge in [0.1, 0.15) is 16.9 Å². The van der Waals surface area contributed by atoms with E-state index in [0.29, 0.717) is 23.6 Å². The maximum atomic E-state index is 12.4. The standard InChI is InChI=1S/C22H27N3O4/c1-5-25(6-2)14(3)13-23-21(26)22(27)24-17-12-19-16(11-20(17)28-4)15-9-7-8-10-18(15)29-19/h7-12,14H,5-6,13H2,1-4H3,(H,23,26)(H,24,27)/t14-/m1/s1. The summed E-state index contributed by atoms with van der Waals surface area (Å²) in [4.78, 5) is 26.8. The van der Waals surface area contributed by atoms with Crippen LogP contribution in [0.25, 0.3) is 21.9 Å². The zero-order valence-electron chi connectivity index (χ0n) is 17.2. The number of methoxy groups -OCH3 is 1. The monoisotopic (exact) mass is 397 g/mol. The number of ether oxygens (including phenoxy) is 1. The topological polar surface area (TPSA) is 83.8 Å². The van der Waals surface area contributed by atoms with Gasteiger partial charge >= 0.3 is 11.8 Å². The lowest BCUT2D eigenvalue weighted by molar-refractivity contribution is -0.136. The van der Waals surface area contributed by atoms with E-state index in [2.05, 4.69) is 29.4 Å². The van der Waals surface area contributed by atoms with Crippen molar-refractivity contribution in [1.82, 2.24) is 10.2 Å². The predicted molar refractivity (Wildman–Crippen MR) is 114 cm³/mol. The summed E-state index contributed by atoms with van der Waals surface area (Å²) in [5, 5.41) is 7.16. The summed E-state index contributed by atoms with van der Waals surface area (Å²) in [7, 11) is 1.52. The molecule has 0 aliphatic carbocycles. The molecular formula is C22H27N3O4. The van der Waals surface area contributed by atoms with Gasteiger partial charge in [-0.25, -0.2) is 0 Å². The zero-order valence-corrected chi connectivity index (χ0v) is 17.2. The van der Waals surface area contributed by atoms with Crippen molar-refractivity contribution in [2.75, 3.05) is 32.1 Å². The van der Waals surface area contributed by atoms with Gasteiger partial charge in [-0.15, -0.1) is 0 Å². The third kappa shape index (κ3) is 4.35. The molecule has 0 saturated heterocycles. The Morgan fingerprint density at radius 3 is 2.48 bits per heavy atom. The van der Waals surface area contributed by atoms with E-state index < -0.39 is 11.8 Å². The quantitative estimate of drug-likeness (QED) is 0.597. The summed E-state index contributed by atoms with van der Waals surface area (Å²) >= 11 is 0. The van der Waals surface area contributed by atoms with Crippen molar-refractivity contribution >= 4 is 39.4 Å². The number of amides is 2. The number of carbonyl (C=O) groups excluding carboxylic acids is 2. The molecule has 2 N–H and O–H groups in total. The number of fused-ring (bicyclic) bond motifs is 3. The number of rotatable bonds is 7. The van der Waals surface area contributed by atoms with E-state index in [1.165, 1.54) is 7.11 Å². The summed E-state index contributed by atoms with van der Waals surface area (Å²) < 4.78 is 11.3. The highest BCUT2D eigenvalue weighted by molar-refractivity contribution is 6.39. The van der Waals surface area contributed by atoms with Gasteiger partial charge in [0.2, 0.25) is 0 Å². The van der Waals surface area contributed by atoms with Gasteiger partial charge in [-0.05, 0) is 32.1 Å². The first-order valence-corrected chi connectivity index (χ1v) is 9.80. The van der Waals surface area contributed by atoms with Gasteiger partial charge < -0.3 is 19.8 Å². The van der Waals surface area contributed by atoms with Crippen LogP contribution in [0.2, 0.25) is 0 Å². The van der Waals surface area contributed by atoms with E-state index in [-0.39, 0.29) is 6.04 Å². The van der Waals surface area contributed by atoms with Gasteiger partial charge in [-0.1, -0.05) is 32.0 Å². The van der Waals surface area contributed by atoms with Crippen LogP contribution in [0.15, 0.2) is 40.8 Å². The van der Waals surface area contributed by atoms with Crippen LogP contribution in [0.3, 0.4) is 0 Å². The Balaban J connectivity index is 1.75. The Morgan fingerprint density at radius 1 is 1.07 bits per heavy atom. The van der Waals surface area contributed by atoms with Crippen molar-refractivity contribution in [1.29, 1.82) is 0 Å². The second-order valence-electron chi connectivity index (χ2n) is 6.88. The third-order valence-electron chi connectivity index (χ3n) is 5.15. The van der Waals surface area contributed by atoms with Gasteiger partial charge in [-0.2, -0.15) is 0 Å². The van der Waals surface area contributed by atoms with Crippen LogP contribution in [-0.2, 0) is 9.59 Å². The number of hydrogen-bond donors (Lipinski definition) is 2. The molecule has 3 aromatic rings. The Labute approximate surface area is 170 Å². The summed E-state index contributed by atoms with van der Waals surface area (Å²) in [5.74, 6) is -0.969. The van der Waals surface area contributed by atoms with Gasteiger partial charge in [-0.3, -0.25) is 14.5 Å². The molecule has 0 aliphatic heterocycles. The van der Waals surface area contributed by atoms with Crippen LogP contribution >= 0.6 is 0 Å². The molecule has 1 aromatic heterocycles. The number of para-hydroxylation sites is 1. The van der Waals surface area contributed by atoms with Crippen LogP contribution < -0.4 is 15.4 Å². The Morgan fingerprint density at radius 2 is 1.79 bits per heavy atom. The summed E-state index contributed by atoms with van der Waals surface area (Å²) in [5.41, 5.74) is 1.74. The Bertz CT molecular complexity index is 1020. The van der Waals surface area contributed by atoms with Gasteiger partial charge in [0, 0.05) is 29.4 Å². The largest absolute Gasteiger partial charge is 0.495 e. The number of nitrogens with one attached hydrogen (secondary N) is 2. The van der Waals surface area contributed by atoms with E-state index in [4.69, 9.17) is 9.15 Å². The van der Waals surface area contributed by atoms with E-state index >= 15 is 0 Å². The molecule has 7 heteroatoms. The van der Waals surface area contributed by atoms with Crippen molar-refractivity contribution in [3.8, 4) is 5.75 Å². The SMILES string of the molecule is CCN(CC)[C@H](C)CNC(=O)C(=O)Nc1cc2oc3ccccc3c2cc1OC. The summed E-state index contributed by atoms with van der Waals surface area (Å²) in [6, 6.07) is 11.3. The van der Waals surface area contributed by atoms with Crippen molar-refractivity contribution in [2.45, 2.75) is 26.8 Å². The molecule has 154 valence electrons. The number of hydrogen-bond acceptors (Lipinski definition) is 5. The van der Waals surface area contributed by atoms with Crippen molar-refractivity contribution in [3.05, 3.63) is 36.4 Å². The minimum Gasteiger partial charge on any atom is -0.495 e. The van der Waals surface area contributed by atoms with Gasteiger partial charge in [0.25, 0.3) is 0 Å².